The van der Waals surface area contributed by atoms with Crippen molar-refractivity contribution in [2.45, 2.75) is 24.4 Å². The van der Waals surface area contributed by atoms with Gasteiger partial charge in [-0.15, -0.1) is 0 Å². The van der Waals surface area contributed by atoms with E-state index in [0.717, 1.165) is 5.56 Å². The molecular formula is C22H28ClFN4O3S. The number of rotatable bonds is 7. The standard InChI is InChI=1S/C22H28ClFN4O3S/c1-16(17-6-8-18(9-7-17)32(25,30)31)26(2)15-22(29)28-12-10-27(11-13-28)14-19-20(23)4-3-5-21(19)24/h3-9,16H,10-15H2,1-2H3,(H2,25,30,31). The number of sulfonamides is 1. The SMILES string of the molecule is CC(c1ccc(S(N)(=O)=O)cc1)N(C)CC(=O)N1CCN(Cc2c(F)cccc2Cl)CC1. The second kappa shape index (κ2) is 10.3. The second-order valence-corrected chi connectivity index (χ2v) is 10.0. The molecule has 3 rings (SSSR count). The van der Waals surface area contributed by atoms with Crippen LogP contribution in [0.25, 0.3) is 0 Å². The molecule has 1 aliphatic heterocycles. The average Bonchev–Trinajstić information content (AvgIpc) is 2.75. The highest BCUT2D eigenvalue weighted by molar-refractivity contribution is 7.89. The van der Waals surface area contributed by atoms with E-state index in [9.17, 15) is 17.6 Å². The van der Waals surface area contributed by atoms with E-state index in [-0.39, 0.29) is 29.2 Å². The van der Waals surface area contributed by atoms with Crippen LogP contribution in [-0.4, -0.2) is 68.8 Å². The molecule has 1 amide bonds. The third-order valence-electron chi connectivity index (χ3n) is 5.91. The zero-order valence-electron chi connectivity index (χ0n) is 18.2. The van der Waals surface area contributed by atoms with Crippen LogP contribution in [0, 0.1) is 5.82 Å². The Morgan fingerprint density at radius 2 is 1.78 bits per heavy atom. The van der Waals surface area contributed by atoms with Gasteiger partial charge in [0.25, 0.3) is 0 Å². The number of hydrogen-bond donors (Lipinski definition) is 1. The molecule has 32 heavy (non-hydrogen) atoms. The van der Waals surface area contributed by atoms with Crippen LogP contribution in [0.1, 0.15) is 24.1 Å². The van der Waals surface area contributed by atoms with Crippen LogP contribution in [0.15, 0.2) is 47.4 Å². The molecule has 1 unspecified atom stereocenters. The maximum absolute atomic E-state index is 14.0. The Labute approximate surface area is 193 Å². The lowest BCUT2D eigenvalue weighted by molar-refractivity contribution is -0.134. The number of carbonyl (C=O) groups is 1. The summed E-state index contributed by atoms with van der Waals surface area (Å²) in [5.74, 6) is -0.298. The van der Waals surface area contributed by atoms with E-state index < -0.39 is 10.0 Å². The van der Waals surface area contributed by atoms with E-state index in [1.165, 1.54) is 18.2 Å². The first-order valence-electron chi connectivity index (χ1n) is 10.3. The lowest BCUT2D eigenvalue weighted by Crippen LogP contribution is -2.50. The minimum Gasteiger partial charge on any atom is -0.339 e. The zero-order chi connectivity index (χ0) is 23.5. The molecule has 0 aromatic heterocycles. The fourth-order valence-electron chi connectivity index (χ4n) is 3.70. The average molecular weight is 483 g/mol. The number of primary sulfonamides is 1. The van der Waals surface area contributed by atoms with Crippen LogP contribution in [0.3, 0.4) is 0 Å². The highest BCUT2D eigenvalue weighted by Crippen LogP contribution is 2.22. The maximum atomic E-state index is 14.0. The van der Waals surface area contributed by atoms with Gasteiger partial charge in [-0.1, -0.05) is 29.8 Å². The maximum Gasteiger partial charge on any atom is 0.238 e. The minimum absolute atomic E-state index is 0.0177. The van der Waals surface area contributed by atoms with Gasteiger partial charge in [-0.3, -0.25) is 14.6 Å². The van der Waals surface area contributed by atoms with Crippen molar-refractivity contribution in [2.75, 3.05) is 39.8 Å². The molecule has 174 valence electrons. The van der Waals surface area contributed by atoms with Gasteiger partial charge < -0.3 is 4.90 Å². The van der Waals surface area contributed by atoms with Gasteiger partial charge in [-0.25, -0.2) is 17.9 Å². The number of amides is 1. The second-order valence-electron chi connectivity index (χ2n) is 8.06. The van der Waals surface area contributed by atoms with Crippen LogP contribution in [-0.2, 0) is 21.4 Å². The molecular weight excluding hydrogens is 455 g/mol. The van der Waals surface area contributed by atoms with Crippen LogP contribution in [0.2, 0.25) is 5.02 Å². The van der Waals surface area contributed by atoms with Crippen molar-refractivity contribution < 1.29 is 17.6 Å². The molecule has 1 heterocycles. The summed E-state index contributed by atoms with van der Waals surface area (Å²) < 4.78 is 36.9. The van der Waals surface area contributed by atoms with E-state index in [1.807, 2.05) is 23.8 Å². The summed E-state index contributed by atoms with van der Waals surface area (Å²) in [4.78, 5) is 18.7. The van der Waals surface area contributed by atoms with Gasteiger partial charge in [0.2, 0.25) is 15.9 Å². The number of piperazine rings is 1. The van der Waals surface area contributed by atoms with Crippen LogP contribution < -0.4 is 5.14 Å². The first-order chi connectivity index (χ1) is 15.1. The smallest absolute Gasteiger partial charge is 0.238 e. The third-order valence-corrected chi connectivity index (χ3v) is 7.19. The van der Waals surface area contributed by atoms with Crippen molar-refractivity contribution >= 4 is 27.5 Å². The topological polar surface area (TPSA) is 86.9 Å². The summed E-state index contributed by atoms with van der Waals surface area (Å²) in [5, 5.41) is 5.56. The Morgan fingerprint density at radius 3 is 2.34 bits per heavy atom. The molecule has 0 saturated carbocycles. The third kappa shape index (κ3) is 6.05. The predicted molar refractivity (Wildman–Crippen MR) is 122 cm³/mol. The van der Waals surface area contributed by atoms with Gasteiger partial charge in [-0.05, 0) is 43.8 Å². The Balaban J connectivity index is 1.52. The molecule has 1 atom stereocenters. The summed E-state index contributed by atoms with van der Waals surface area (Å²) in [7, 11) is -1.88. The van der Waals surface area contributed by atoms with Crippen molar-refractivity contribution in [1.82, 2.24) is 14.7 Å². The van der Waals surface area contributed by atoms with E-state index >= 15 is 0 Å². The van der Waals surface area contributed by atoms with Gasteiger partial charge in [0.1, 0.15) is 5.82 Å². The van der Waals surface area contributed by atoms with Gasteiger partial charge in [-0.2, -0.15) is 0 Å². The van der Waals surface area contributed by atoms with E-state index in [0.29, 0.717) is 43.3 Å². The van der Waals surface area contributed by atoms with Crippen molar-refractivity contribution in [2.24, 2.45) is 5.14 Å². The lowest BCUT2D eigenvalue weighted by atomic mass is 10.1. The van der Waals surface area contributed by atoms with Gasteiger partial charge in [0.05, 0.1) is 11.4 Å². The number of hydrogen-bond acceptors (Lipinski definition) is 5. The van der Waals surface area contributed by atoms with Crippen molar-refractivity contribution in [3.63, 3.8) is 0 Å². The molecule has 2 N–H and O–H groups in total. The van der Waals surface area contributed by atoms with Crippen molar-refractivity contribution in [1.29, 1.82) is 0 Å². The largest absolute Gasteiger partial charge is 0.339 e. The molecule has 1 saturated heterocycles. The van der Waals surface area contributed by atoms with Gasteiger partial charge in [0, 0.05) is 49.4 Å². The van der Waals surface area contributed by atoms with E-state index in [1.54, 1.807) is 24.3 Å². The molecule has 0 spiro atoms. The zero-order valence-corrected chi connectivity index (χ0v) is 19.7. The van der Waals surface area contributed by atoms with Crippen LogP contribution >= 0.6 is 11.6 Å². The summed E-state index contributed by atoms with van der Waals surface area (Å²) >= 11 is 6.12. The number of carbonyl (C=O) groups excluding carboxylic acids is 1. The van der Waals surface area contributed by atoms with Crippen molar-refractivity contribution in [3.05, 3.63) is 64.4 Å². The molecule has 2 aromatic rings. The quantitative estimate of drug-likeness (QED) is 0.655. The molecule has 10 heteroatoms. The summed E-state index contributed by atoms with van der Waals surface area (Å²) in [6.45, 7) is 5.02. The van der Waals surface area contributed by atoms with Crippen molar-refractivity contribution in [3.8, 4) is 0 Å². The monoisotopic (exact) mass is 482 g/mol. The number of halogens is 2. The molecule has 7 nitrogen and oxygen atoms in total. The number of nitrogens with two attached hydrogens (primary N) is 1. The lowest BCUT2D eigenvalue weighted by Gasteiger charge is -2.36. The Kier molecular flexibility index (Phi) is 7.89. The molecule has 0 aliphatic carbocycles. The van der Waals surface area contributed by atoms with E-state index in [2.05, 4.69) is 4.90 Å². The molecule has 1 aliphatic rings. The first-order valence-corrected chi connectivity index (χ1v) is 12.2. The Hall–Kier alpha value is -2.04. The fourth-order valence-corrected chi connectivity index (χ4v) is 4.44. The van der Waals surface area contributed by atoms with Crippen LogP contribution in [0.5, 0.6) is 0 Å². The fraction of sp³-hybridized carbons (Fsp3) is 0.409. The minimum atomic E-state index is -3.73. The molecule has 0 bridgehead atoms. The molecule has 2 aromatic carbocycles. The molecule has 0 radical (unpaired) electrons. The van der Waals surface area contributed by atoms with Gasteiger partial charge >= 0.3 is 0 Å². The number of benzene rings is 2. The Bertz CT molecular complexity index is 1040. The van der Waals surface area contributed by atoms with Crippen LogP contribution in [0.4, 0.5) is 4.39 Å². The summed E-state index contributed by atoms with van der Waals surface area (Å²) in [6.07, 6.45) is 0. The summed E-state index contributed by atoms with van der Waals surface area (Å²) in [6, 6.07) is 10.9. The molecule has 1 fully saturated rings. The van der Waals surface area contributed by atoms with Gasteiger partial charge in [0.15, 0.2) is 0 Å². The predicted octanol–water partition coefficient (Wildman–Crippen LogP) is 2.46. The first kappa shape index (κ1) is 24.6. The number of likely N-dealkylation sites (N-methyl/N-ethyl adjacent to an activating group) is 1. The highest BCUT2D eigenvalue weighted by atomic mass is 35.5. The van der Waals surface area contributed by atoms with E-state index in [4.69, 9.17) is 16.7 Å². The number of nitrogens with zero attached hydrogens (tertiary/aromatic N) is 3. The normalized spacial score (nSPS) is 16.4. The Morgan fingerprint density at radius 1 is 1.16 bits per heavy atom. The highest BCUT2D eigenvalue weighted by Gasteiger charge is 2.24. The summed E-state index contributed by atoms with van der Waals surface area (Å²) in [5.41, 5.74) is 1.37.